The van der Waals surface area contributed by atoms with Crippen molar-refractivity contribution in [3.05, 3.63) is 70.2 Å². The van der Waals surface area contributed by atoms with Crippen molar-refractivity contribution in [2.45, 2.75) is 11.8 Å². The van der Waals surface area contributed by atoms with Gasteiger partial charge in [-0.05, 0) is 37.3 Å². The Morgan fingerprint density at radius 1 is 1.13 bits per heavy atom. The number of nitro groups is 1. The molecule has 0 amide bonds. The summed E-state index contributed by atoms with van der Waals surface area (Å²) in [4.78, 5) is 10.2. The van der Waals surface area contributed by atoms with Gasteiger partial charge in [0.15, 0.2) is 0 Å². The molecular weight excluding hydrogens is 323 g/mol. The Balaban J connectivity index is 2.22. The first-order valence-electron chi connectivity index (χ1n) is 6.58. The van der Waals surface area contributed by atoms with Crippen LogP contribution in [-0.2, 0) is 10.0 Å². The SMILES string of the molecule is Cc1ccc(S(=O)(=O)n2ccc3cc(F)ccc32)cc1[N+](=O)[O-]. The first-order chi connectivity index (χ1) is 10.8. The highest BCUT2D eigenvalue weighted by atomic mass is 32.2. The molecule has 118 valence electrons. The molecule has 0 saturated heterocycles. The molecule has 0 aliphatic carbocycles. The molecule has 6 nitrogen and oxygen atoms in total. The first-order valence-corrected chi connectivity index (χ1v) is 8.02. The van der Waals surface area contributed by atoms with E-state index in [0.717, 1.165) is 16.1 Å². The van der Waals surface area contributed by atoms with E-state index in [0.29, 0.717) is 16.5 Å². The van der Waals surface area contributed by atoms with Crippen molar-refractivity contribution in [3.8, 4) is 0 Å². The van der Waals surface area contributed by atoms with Crippen molar-refractivity contribution in [1.82, 2.24) is 3.97 Å². The summed E-state index contributed by atoms with van der Waals surface area (Å²) in [6, 6.07) is 8.93. The normalized spacial score (nSPS) is 11.7. The van der Waals surface area contributed by atoms with E-state index in [1.807, 2.05) is 0 Å². The molecule has 3 rings (SSSR count). The summed E-state index contributed by atoms with van der Waals surface area (Å²) < 4.78 is 39.7. The molecule has 2 aromatic carbocycles. The lowest BCUT2D eigenvalue weighted by Gasteiger charge is -2.08. The van der Waals surface area contributed by atoms with Crippen LogP contribution < -0.4 is 0 Å². The smallest absolute Gasteiger partial charge is 0.258 e. The topological polar surface area (TPSA) is 82.2 Å². The van der Waals surface area contributed by atoms with Crippen LogP contribution in [0.3, 0.4) is 0 Å². The Hall–Kier alpha value is -2.74. The average molecular weight is 334 g/mol. The van der Waals surface area contributed by atoms with E-state index in [2.05, 4.69) is 0 Å². The van der Waals surface area contributed by atoms with Gasteiger partial charge in [0.05, 0.1) is 15.3 Å². The molecule has 0 saturated carbocycles. The van der Waals surface area contributed by atoms with Crippen molar-refractivity contribution in [3.63, 3.8) is 0 Å². The highest BCUT2D eigenvalue weighted by Crippen LogP contribution is 2.26. The summed E-state index contributed by atoms with van der Waals surface area (Å²) in [5.74, 6) is -0.473. The zero-order valence-electron chi connectivity index (χ0n) is 11.9. The van der Waals surface area contributed by atoms with Crippen molar-refractivity contribution in [1.29, 1.82) is 0 Å². The van der Waals surface area contributed by atoms with Gasteiger partial charge in [0.25, 0.3) is 15.7 Å². The third-order valence-electron chi connectivity index (χ3n) is 3.55. The maximum Gasteiger partial charge on any atom is 0.273 e. The lowest BCUT2D eigenvalue weighted by molar-refractivity contribution is -0.385. The number of hydrogen-bond donors (Lipinski definition) is 0. The van der Waals surface area contributed by atoms with Crippen molar-refractivity contribution < 1.29 is 17.7 Å². The molecule has 0 radical (unpaired) electrons. The summed E-state index contributed by atoms with van der Waals surface area (Å²) >= 11 is 0. The van der Waals surface area contributed by atoms with E-state index in [-0.39, 0.29) is 10.6 Å². The Bertz CT molecular complexity index is 1040. The largest absolute Gasteiger partial charge is 0.273 e. The van der Waals surface area contributed by atoms with Crippen LogP contribution in [0.15, 0.2) is 53.6 Å². The number of rotatable bonds is 3. The van der Waals surface area contributed by atoms with Crippen LogP contribution in [0.25, 0.3) is 10.9 Å². The predicted octanol–water partition coefficient (Wildman–Crippen LogP) is 3.23. The molecule has 1 heterocycles. The van der Waals surface area contributed by atoms with E-state index in [1.165, 1.54) is 43.5 Å². The van der Waals surface area contributed by atoms with Crippen molar-refractivity contribution in [2.24, 2.45) is 0 Å². The minimum atomic E-state index is -4.02. The number of nitro benzene ring substituents is 1. The molecule has 0 aliphatic heterocycles. The Morgan fingerprint density at radius 2 is 1.87 bits per heavy atom. The number of benzene rings is 2. The van der Waals surface area contributed by atoms with Gasteiger partial charge in [0.2, 0.25) is 0 Å². The summed E-state index contributed by atoms with van der Waals surface area (Å²) in [5.41, 5.74) is 0.400. The van der Waals surface area contributed by atoms with Gasteiger partial charge in [-0.3, -0.25) is 10.1 Å². The van der Waals surface area contributed by atoms with Gasteiger partial charge in [-0.1, -0.05) is 6.07 Å². The summed E-state index contributed by atoms with van der Waals surface area (Å²) in [5, 5.41) is 11.4. The predicted molar refractivity (Wildman–Crippen MR) is 82.3 cm³/mol. The standard InChI is InChI=1S/C15H11FN2O4S/c1-10-2-4-13(9-15(10)18(19)20)23(21,22)17-7-6-11-8-12(16)3-5-14(11)17/h2-9H,1H3. The molecular formula is C15H11FN2O4S. The van der Waals surface area contributed by atoms with E-state index >= 15 is 0 Å². The minimum absolute atomic E-state index is 0.198. The lowest BCUT2D eigenvalue weighted by Crippen LogP contribution is -2.12. The molecule has 0 bridgehead atoms. The second kappa shape index (κ2) is 5.17. The van der Waals surface area contributed by atoms with Gasteiger partial charge in [0, 0.05) is 23.2 Å². The highest BCUT2D eigenvalue weighted by molar-refractivity contribution is 7.90. The molecule has 0 atom stereocenters. The van der Waals surface area contributed by atoms with Gasteiger partial charge in [-0.15, -0.1) is 0 Å². The second-order valence-electron chi connectivity index (χ2n) is 5.03. The number of halogens is 1. The summed E-state index contributed by atoms with van der Waals surface area (Å²) in [7, 11) is -4.02. The Kier molecular flexibility index (Phi) is 3.41. The number of hydrogen-bond acceptors (Lipinski definition) is 4. The third kappa shape index (κ3) is 2.46. The van der Waals surface area contributed by atoms with Gasteiger partial charge in [-0.25, -0.2) is 16.8 Å². The monoisotopic (exact) mass is 334 g/mol. The van der Waals surface area contributed by atoms with E-state index < -0.39 is 20.8 Å². The molecule has 0 N–H and O–H groups in total. The van der Waals surface area contributed by atoms with Gasteiger partial charge < -0.3 is 0 Å². The van der Waals surface area contributed by atoms with Crippen LogP contribution >= 0.6 is 0 Å². The van der Waals surface area contributed by atoms with E-state index in [1.54, 1.807) is 0 Å². The quantitative estimate of drug-likeness (QED) is 0.544. The fraction of sp³-hybridized carbons (Fsp3) is 0.0667. The molecule has 0 fully saturated rings. The molecule has 0 unspecified atom stereocenters. The third-order valence-corrected chi connectivity index (χ3v) is 5.24. The minimum Gasteiger partial charge on any atom is -0.258 e. The maximum absolute atomic E-state index is 13.2. The first kappa shape index (κ1) is 15.2. The molecule has 0 spiro atoms. The van der Waals surface area contributed by atoms with E-state index in [9.17, 15) is 22.9 Å². The number of nitrogens with zero attached hydrogens (tertiary/aromatic N) is 2. The summed E-state index contributed by atoms with van der Waals surface area (Å²) in [6.07, 6.45) is 1.30. The maximum atomic E-state index is 13.2. The van der Waals surface area contributed by atoms with Crippen LogP contribution in [0.1, 0.15) is 5.56 Å². The van der Waals surface area contributed by atoms with Gasteiger partial charge in [0.1, 0.15) is 5.82 Å². The van der Waals surface area contributed by atoms with Gasteiger partial charge in [-0.2, -0.15) is 0 Å². The zero-order chi connectivity index (χ0) is 16.8. The van der Waals surface area contributed by atoms with Crippen molar-refractivity contribution in [2.75, 3.05) is 0 Å². The number of fused-ring (bicyclic) bond motifs is 1. The molecule has 3 aromatic rings. The Labute approximate surface area is 131 Å². The Morgan fingerprint density at radius 3 is 2.57 bits per heavy atom. The van der Waals surface area contributed by atoms with Crippen LogP contribution in [0.4, 0.5) is 10.1 Å². The van der Waals surface area contributed by atoms with Crippen LogP contribution in [0.5, 0.6) is 0 Å². The number of aromatic nitrogens is 1. The lowest BCUT2D eigenvalue weighted by atomic mass is 10.2. The van der Waals surface area contributed by atoms with Crippen molar-refractivity contribution >= 4 is 26.6 Å². The fourth-order valence-corrected chi connectivity index (χ4v) is 3.73. The summed E-state index contributed by atoms with van der Waals surface area (Å²) in [6.45, 7) is 1.53. The molecule has 8 heteroatoms. The fourth-order valence-electron chi connectivity index (χ4n) is 2.36. The molecule has 1 aromatic heterocycles. The van der Waals surface area contributed by atoms with Crippen LogP contribution in [0.2, 0.25) is 0 Å². The van der Waals surface area contributed by atoms with Crippen LogP contribution in [-0.4, -0.2) is 17.3 Å². The van der Waals surface area contributed by atoms with Crippen LogP contribution in [0, 0.1) is 22.9 Å². The van der Waals surface area contributed by atoms with Gasteiger partial charge >= 0.3 is 0 Å². The highest BCUT2D eigenvalue weighted by Gasteiger charge is 2.22. The molecule has 0 aliphatic rings. The number of aryl methyl sites for hydroxylation is 1. The van der Waals surface area contributed by atoms with E-state index in [4.69, 9.17) is 0 Å². The second-order valence-corrected chi connectivity index (χ2v) is 6.84. The average Bonchev–Trinajstić information content (AvgIpc) is 2.90. The zero-order valence-corrected chi connectivity index (χ0v) is 12.7. The molecule has 23 heavy (non-hydrogen) atoms.